The van der Waals surface area contributed by atoms with Gasteiger partial charge in [-0.25, -0.2) is 9.97 Å². The lowest BCUT2D eigenvalue weighted by Crippen LogP contribution is -2.50. The Labute approximate surface area is 131 Å². The molecule has 1 amide bonds. The van der Waals surface area contributed by atoms with Gasteiger partial charge >= 0.3 is 0 Å². The molecule has 6 nitrogen and oxygen atoms in total. The fraction of sp³-hybridized carbons (Fsp3) is 0.688. The highest BCUT2D eigenvalue weighted by molar-refractivity contribution is 5.84. The Morgan fingerprint density at radius 1 is 1.27 bits per heavy atom. The Morgan fingerprint density at radius 2 is 2.09 bits per heavy atom. The fourth-order valence-corrected chi connectivity index (χ4v) is 3.65. The van der Waals surface area contributed by atoms with Crippen molar-refractivity contribution in [3.05, 3.63) is 24.3 Å². The molecule has 2 aliphatic rings. The van der Waals surface area contributed by atoms with Crippen molar-refractivity contribution in [1.29, 1.82) is 0 Å². The lowest BCUT2D eigenvalue weighted by atomic mass is 9.78. The van der Waals surface area contributed by atoms with E-state index in [-0.39, 0.29) is 5.41 Å². The van der Waals surface area contributed by atoms with Gasteiger partial charge in [-0.1, -0.05) is 0 Å². The van der Waals surface area contributed by atoms with Crippen molar-refractivity contribution in [2.45, 2.75) is 25.8 Å². The van der Waals surface area contributed by atoms with Gasteiger partial charge in [-0.3, -0.25) is 9.69 Å². The molecule has 120 valence electrons. The molecule has 0 bridgehead atoms. The smallest absolute Gasteiger partial charge is 0.230 e. The summed E-state index contributed by atoms with van der Waals surface area (Å²) in [6.07, 6.45) is 6.58. The van der Waals surface area contributed by atoms with Crippen LogP contribution in [0, 0.1) is 5.41 Å². The molecule has 0 aliphatic carbocycles. The molecule has 1 spiro atoms. The molecule has 22 heavy (non-hydrogen) atoms. The van der Waals surface area contributed by atoms with E-state index in [0.717, 1.165) is 51.3 Å². The van der Waals surface area contributed by atoms with E-state index in [2.05, 4.69) is 14.9 Å². The van der Waals surface area contributed by atoms with Crippen LogP contribution in [0.1, 0.15) is 25.1 Å². The van der Waals surface area contributed by atoms with Gasteiger partial charge in [-0.15, -0.1) is 0 Å². The number of amides is 1. The molecule has 1 atom stereocenters. The molecule has 0 N–H and O–H groups in total. The average Bonchev–Trinajstić information content (AvgIpc) is 2.94. The summed E-state index contributed by atoms with van der Waals surface area (Å²) in [6.45, 7) is 4.69. The van der Waals surface area contributed by atoms with Crippen LogP contribution < -0.4 is 0 Å². The topological polar surface area (TPSA) is 58.6 Å². The first-order valence-corrected chi connectivity index (χ1v) is 8.00. The third-order valence-electron chi connectivity index (χ3n) is 4.81. The summed E-state index contributed by atoms with van der Waals surface area (Å²) in [6, 6.07) is 1.83. The van der Waals surface area contributed by atoms with Crippen LogP contribution >= 0.6 is 0 Å². The monoisotopic (exact) mass is 304 g/mol. The summed E-state index contributed by atoms with van der Waals surface area (Å²) in [5, 5.41) is 0. The van der Waals surface area contributed by atoms with Crippen molar-refractivity contribution in [2.24, 2.45) is 5.41 Å². The number of rotatable bonds is 5. The molecule has 0 aromatic carbocycles. The number of carbonyl (C=O) groups excluding carboxylic acids is 1. The number of hydrogen-bond donors (Lipinski definition) is 0. The van der Waals surface area contributed by atoms with Gasteiger partial charge < -0.3 is 9.64 Å². The average molecular weight is 304 g/mol. The number of ether oxygens (including phenoxy) is 1. The number of aromatic nitrogens is 2. The zero-order valence-corrected chi connectivity index (χ0v) is 13.2. The molecule has 1 aromatic rings. The number of nitrogens with zero attached hydrogens (tertiary/aromatic N) is 4. The van der Waals surface area contributed by atoms with Crippen molar-refractivity contribution in [1.82, 2.24) is 19.8 Å². The molecule has 1 unspecified atom stereocenters. The standard InChI is InChI=1S/C16H24N4O2/c1-22-11-10-20-8-2-4-16(15(20)21)5-9-19(13-16)12-14-17-6-3-7-18-14/h3,6-7H,2,4-5,8-13H2,1H3. The van der Waals surface area contributed by atoms with E-state index in [9.17, 15) is 4.79 Å². The Morgan fingerprint density at radius 3 is 2.86 bits per heavy atom. The van der Waals surface area contributed by atoms with Crippen LogP contribution in [0.2, 0.25) is 0 Å². The predicted octanol–water partition coefficient (Wildman–Crippen LogP) is 0.937. The lowest BCUT2D eigenvalue weighted by molar-refractivity contribution is -0.146. The maximum Gasteiger partial charge on any atom is 0.230 e. The molecule has 3 rings (SSSR count). The normalized spacial score (nSPS) is 26.0. The highest BCUT2D eigenvalue weighted by atomic mass is 16.5. The zero-order chi connectivity index (χ0) is 15.4. The van der Waals surface area contributed by atoms with E-state index in [0.29, 0.717) is 19.1 Å². The second-order valence-electron chi connectivity index (χ2n) is 6.29. The number of carbonyl (C=O) groups is 1. The van der Waals surface area contributed by atoms with Crippen molar-refractivity contribution in [3.8, 4) is 0 Å². The summed E-state index contributed by atoms with van der Waals surface area (Å²) >= 11 is 0. The van der Waals surface area contributed by atoms with E-state index in [4.69, 9.17) is 4.74 Å². The molecule has 0 saturated carbocycles. The van der Waals surface area contributed by atoms with E-state index < -0.39 is 0 Å². The van der Waals surface area contributed by atoms with Crippen LogP contribution in [0.15, 0.2) is 18.5 Å². The molecule has 2 saturated heterocycles. The Balaban J connectivity index is 1.63. The first-order chi connectivity index (χ1) is 10.7. The van der Waals surface area contributed by atoms with E-state index in [1.807, 2.05) is 11.0 Å². The highest BCUT2D eigenvalue weighted by Crippen LogP contribution is 2.40. The summed E-state index contributed by atoms with van der Waals surface area (Å²) in [5.74, 6) is 1.14. The number of likely N-dealkylation sites (tertiary alicyclic amines) is 2. The van der Waals surface area contributed by atoms with Crippen molar-refractivity contribution in [2.75, 3.05) is 39.9 Å². The molecule has 0 radical (unpaired) electrons. The lowest BCUT2D eigenvalue weighted by Gasteiger charge is -2.39. The second-order valence-corrected chi connectivity index (χ2v) is 6.29. The molecule has 3 heterocycles. The van der Waals surface area contributed by atoms with Crippen LogP contribution in [-0.4, -0.2) is 65.6 Å². The maximum absolute atomic E-state index is 12.9. The van der Waals surface area contributed by atoms with Crippen molar-refractivity contribution in [3.63, 3.8) is 0 Å². The van der Waals surface area contributed by atoms with Crippen LogP contribution in [0.4, 0.5) is 0 Å². The second kappa shape index (κ2) is 6.71. The molecule has 1 aromatic heterocycles. The predicted molar refractivity (Wildman–Crippen MR) is 82.0 cm³/mol. The summed E-state index contributed by atoms with van der Waals surface area (Å²) in [7, 11) is 1.68. The molecular formula is C16H24N4O2. The minimum Gasteiger partial charge on any atom is -0.383 e. The van der Waals surface area contributed by atoms with Gasteiger partial charge in [0.15, 0.2) is 0 Å². The molecule has 2 fully saturated rings. The third kappa shape index (κ3) is 3.13. The molecular weight excluding hydrogens is 280 g/mol. The highest BCUT2D eigenvalue weighted by Gasteiger charge is 2.48. The Bertz CT molecular complexity index is 510. The van der Waals surface area contributed by atoms with Gasteiger partial charge in [-0.05, 0) is 31.9 Å². The van der Waals surface area contributed by atoms with Gasteiger partial charge in [0.1, 0.15) is 5.82 Å². The maximum atomic E-state index is 12.9. The van der Waals surface area contributed by atoms with Gasteiger partial charge in [-0.2, -0.15) is 0 Å². The van der Waals surface area contributed by atoms with E-state index in [1.54, 1.807) is 19.5 Å². The minimum absolute atomic E-state index is 0.194. The Hall–Kier alpha value is -1.53. The fourth-order valence-electron chi connectivity index (χ4n) is 3.65. The minimum atomic E-state index is -0.194. The number of piperidine rings is 1. The number of methoxy groups -OCH3 is 1. The summed E-state index contributed by atoms with van der Waals surface area (Å²) in [5.41, 5.74) is -0.194. The third-order valence-corrected chi connectivity index (χ3v) is 4.81. The van der Waals surface area contributed by atoms with Crippen LogP contribution in [-0.2, 0) is 16.1 Å². The van der Waals surface area contributed by atoms with E-state index in [1.165, 1.54) is 0 Å². The van der Waals surface area contributed by atoms with E-state index >= 15 is 0 Å². The Kier molecular flexibility index (Phi) is 4.69. The number of hydrogen-bond acceptors (Lipinski definition) is 5. The summed E-state index contributed by atoms with van der Waals surface area (Å²) < 4.78 is 5.12. The van der Waals surface area contributed by atoms with Crippen LogP contribution in [0.3, 0.4) is 0 Å². The quantitative estimate of drug-likeness (QED) is 0.810. The molecule has 2 aliphatic heterocycles. The van der Waals surface area contributed by atoms with Gasteiger partial charge in [0.25, 0.3) is 0 Å². The first-order valence-electron chi connectivity index (χ1n) is 8.00. The SMILES string of the molecule is COCCN1CCCC2(CCN(Cc3ncccn3)C2)C1=O. The van der Waals surface area contributed by atoms with Gasteiger partial charge in [0.05, 0.1) is 18.6 Å². The van der Waals surface area contributed by atoms with Crippen LogP contribution in [0.25, 0.3) is 0 Å². The van der Waals surface area contributed by atoms with Gasteiger partial charge in [0.2, 0.25) is 5.91 Å². The zero-order valence-electron chi connectivity index (χ0n) is 13.2. The largest absolute Gasteiger partial charge is 0.383 e. The van der Waals surface area contributed by atoms with Crippen LogP contribution in [0.5, 0.6) is 0 Å². The van der Waals surface area contributed by atoms with Gasteiger partial charge in [0, 0.05) is 39.1 Å². The molecule has 6 heteroatoms. The summed E-state index contributed by atoms with van der Waals surface area (Å²) in [4.78, 5) is 25.7. The van der Waals surface area contributed by atoms with Crippen molar-refractivity contribution < 1.29 is 9.53 Å². The first kappa shape index (κ1) is 15.4. The van der Waals surface area contributed by atoms with Crippen molar-refractivity contribution >= 4 is 5.91 Å².